The van der Waals surface area contributed by atoms with E-state index < -0.39 is 5.91 Å². The molecule has 0 aliphatic carbocycles. The normalized spacial score (nSPS) is 9.79. The van der Waals surface area contributed by atoms with Gasteiger partial charge in [0.25, 0.3) is 5.91 Å². The molecule has 0 radical (unpaired) electrons. The Hall–Kier alpha value is -1.55. The van der Waals surface area contributed by atoms with Crippen molar-refractivity contribution in [2.45, 2.75) is 0 Å². The van der Waals surface area contributed by atoms with E-state index in [1.807, 2.05) is 0 Å². The molecule has 2 rings (SSSR count). The van der Waals surface area contributed by atoms with Crippen LogP contribution >= 0.6 is 12.4 Å². The van der Waals surface area contributed by atoms with Gasteiger partial charge in [0, 0.05) is 10.9 Å². The first kappa shape index (κ1) is 10.5. The van der Waals surface area contributed by atoms with Crippen LogP contribution in [0.5, 0.6) is 0 Å². The molecule has 1 heterocycles. The Labute approximate surface area is 85.5 Å². The van der Waals surface area contributed by atoms with Crippen molar-refractivity contribution in [3.05, 3.63) is 35.8 Å². The Kier molecular flexibility index (Phi) is 2.76. The molecule has 0 atom stereocenters. The molecule has 0 bridgehead atoms. The smallest absolute Gasteiger partial charge is 0.265 e. The second-order valence-corrected chi connectivity index (χ2v) is 2.78. The fourth-order valence-corrected chi connectivity index (χ4v) is 1.24. The van der Waals surface area contributed by atoms with Crippen molar-refractivity contribution in [2.24, 2.45) is 5.73 Å². The van der Waals surface area contributed by atoms with Gasteiger partial charge in [0.15, 0.2) is 0 Å². The number of primary amides is 1. The van der Waals surface area contributed by atoms with Crippen molar-refractivity contribution < 1.29 is 9.18 Å². The van der Waals surface area contributed by atoms with Gasteiger partial charge in [-0.25, -0.2) is 4.39 Å². The van der Waals surface area contributed by atoms with Gasteiger partial charge in [-0.05, 0) is 24.3 Å². The molecule has 3 N–H and O–H groups in total. The SMILES string of the molecule is Cl.NC(=O)c1cc2cc(F)ccc2[nH]1. The number of fused-ring (bicyclic) bond motifs is 1. The lowest BCUT2D eigenvalue weighted by molar-refractivity contribution is 0.0996. The van der Waals surface area contributed by atoms with Crippen LogP contribution in [0.2, 0.25) is 0 Å². The second kappa shape index (κ2) is 3.67. The first-order chi connectivity index (χ1) is 6.16. The third-order valence-corrected chi connectivity index (χ3v) is 1.85. The van der Waals surface area contributed by atoms with Crippen molar-refractivity contribution in [3.63, 3.8) is 0 Å². The van der Waals surface area contributed by atoms with Crippen LogP contribution in [0.15, 0.2) is 24.3 Å². The lowest BCUT2D eigenvalue weighted by Crippen LogP contribution is -2.10. The molecule has 3 nitrogen and oxygen atoms in total. The fourth-order valence-electron chi connectivity index (χ4n) is 1.24. The zero-order valence-corrected chi connectivity index (χ0v) is 7.90. The van der Waals surface area contributed by atoms with Gasteiger partial charge in [-0.15, -0.1) is 12.4 Å². The summed E-state index contributed by atoms with van der Waals surface area (Å²) in [7, 11) is 0. The van der Waals surface area contributed by atoms with Gasteiger partial charge in [0.1, 0.15) is 11.5 Å². The van der Waals surface area contributed by atoms with E-state index in [0.29, 0.717) is 16.6 Å². The summed E-state index contributed by atoms with van der Waals surface area (Å²) in [5.41, 5.74) is 6.05. The summed E-state index contributed by atoms with van der Waals surface area (Å²) in [5.74, 6) is -0.876. The van der Waals surface area contributed by atoms with Crippen LogP contribution in [-0.2, 0) is 0 Å². The van der Waals surface area contributed by atoms with Gasteiger partial charge in [0.2, 0.25) is 0 Å². The molecule has 0 aliphatic heterocycles. The summed E-state index contributed by atoms with van der Waals surface area (Å²) < 4.78 is 12.7. The summed E-state index contributed by atoms with van der Waals surface area (Å²) in [6, 6.07) is 5.76. The molecule has 1 aromatic carbocycles. The molecule has 1 aromatic heterocycles. The van der Waals surface area contributed by atoms with E-state index in [0.717, 1.165) is 0 Å². The maximum Gasteiger partial charge on any atom is 0.265 e. The summed E-state index contributed by atoms with van der Waals surface area (Å²) >= 11 is 0. The number of benzene rings is 1. The number of nitrogens with two attached hydrogens (primary N) is 1. The fraction of sp³-hybridized carbons (Fsp3) is 0. The Bertz CT molecular complexity index is 481. The Morgan fingerprint density at radius 1 is 1.36 bits per heavy atom. The lowest BCUT2D eigenvalue weighted by atomic mass is 10.2. The standard InChI is InChI=1S/C9H7FN2O.ClH/c10-6-1-2-7-5(3-6)4-8(12-7)9(11)13;/h1-4,12H,(H2,11,13);1H. The van der Waals surface area contributed by atoms with Gasteiger partial charge in [-0.1, -0.05) is 0 Å². The van der Waals surface area contributed by atoms with Gasteiger partial charge >= 0.3 is 0 Å². The molecule has 0 saturated heterocycles. The largest absolute Gasteiger partial charge is 0.364 e. The minimum Gasteiger partial charge on any atom is -0.364 e. The van der Waals surface area contributed by atoms with Crippen LogP contribution in [-0.4, -0.2) is 10.9 Å². The number of carbonyl (C=O) groups excluding carboxylic acids is 1. The molecule has 0 fully saturated rings. The van der Waals surface area contributed by atoms with E-state index in [1.165, 1.54) is 18.2 Å². The number of hydrogen-bond acceptors (Lipinski definition) is 1. The first-order valence-corrected chi connectivity index (χ1v) is 3.75. The van der Waals surface area contributed by atoms with Crippen molar-refractivity contribution in [3.8, 4) is 0 Å². The maximum atomic E-state index is 12.7. The van der Waals surface area contributed by atoms with E-state index in [2.05, 4.69) is 4.98 Å². The summed E-state index contributed by atoms with van der Waals surface area (Å²) in [6.07, 6.45) is 0. The number of hydrogen-bond donors (Lipinski definition) is 2. The number of halogens is 2. The zero-order valence-electron chi connectivity index (χ0n) is 7.08. The number of nitrogens with one attached hydrogen (secondary N) is 1. The van der Waals surface area contributed by atoms with E-state index in [1.54, 1.807) is 6.07 Å². The molecule has 0 saturated carbocycles. The van der Waals surface area contributed by atoms with E-state index in [-0.39, 0.29) is 18.2 Å². The van der Waals surface area contributed by atoms with E-state index in [4.69, 9.17) is 5.73 Å². The average Bonchev–Trinajstić information content (AvgIpc) is 2.46. The predicted molar refractivity (Wildman–Crippen MR) is 54.0 cm³/mol. The zero-order chi connectivity index (χ0) is 9.42. The topological polar surface area (TPSA) is 58.9 Å². The molecule has 5 heteroatoms. The minimum absolute atomic E-state index is 0. The third-order valence-electron chi connectivity index (χ3n) is 1.85. The number of H-pyrrole nitrogens is 1. The average molecular weight is 215 g/mol. The van der Waals surface area contributed by atoms with Crippen molar-refractivity contribution in [2.75, 3.05) is 0 Å². The number of carbonyl (C=O) groups is 1. The second-order valence-electron chi connectivity index (χ2n) is 2.78. The molecular weight excluding hydrogens is 207 g/mol. The van der Waals surface area contributed by atoms with Gasteiger partial charge in [-0.3, -0.25) is 4.79 Å². The van der Waals surface area contributed by atoms with E-state index in [9.17, 15) is 9.18 Å². The number of amides is 1. The molecule has 0 aliphatic rings. The summed E-state index contributed by atoms with van der Waals surface area (Å²) in [5, 5.41) is 0.647. The molecule has 14 heavy (non-hydrogen) atoms. The predicted octanol–water partition coefficient (Wildman–Crippen LogP) is 1.83. The Morgan fingerprint density at radius 2 is 2.07 bits per heavy atom. The summed E-state index contributed by atoms with van der Waals surface area (Å²) in [6.45, 7) is 0. The molecule has 2 aromatic rings. The van der Waals surface area contributed by atoms with Crippen LogP contribution in [0.1, 0.15) is 10.5 Å². The molecule has 1 amide bonds. The van der Waals surface area contributed by atoms with Gasteiger partial charge in [-0.2, -0.15) is 0 Å². The molecule has 0 unspecified atom stereocenters. The quantitative estimate of drug-likeness (QED) is 0.748. The highest BCUT2D eigenvalue weighted by Crippen LogP contribution is 2.15. The van der Waals surface area contributed by atoms with Crippen LogP contribution in [0.3, 0.4) is 0 Å². The highest BCUT2D eigenvalue weighted by atomic mass is 35.5. The van der Waals surface area contributed by atoms with Gasteiger partial charge in [0.05, 0.1) is 0 Å². The molecule has 74 valence electrons. The summed E-state index contributed by atoms with van der Waals surface area (Å²) in [4.78, 5) is 13.5. The molecular formula is C9H8ClFN2O. The van der Waals surface area contributed by atoms with Crippen LogP contribution in [0, 0.1) is 5.82 Å². The van der Waals surface area contributed by atoms with E-state index >= 15 is 0 Å². The van der Waals surface area contributed by atoms with Crippen molar-refractivity contribution >= 4 is 29.2 Å². The highest BCUT2D eigenvalue weighted by molar-refractivity contribution is 5.96. The van der Waals surface area contributed by atoms with Crippen LogP contribution in [0.25, 0.3) is 10.9 Å². The van der Waals surface area contributed by atoms with Crippen LogP contribution in [0.4, 0.5) is 4.39 Å². The first-order valence-electron chi connectivity index (χ1n) is 3.75. The monoisotopic (exact) mass is 214 g/mol. The minimum atomic E-state index is -0.545. The number of aromatic nitrogens is 1. The third kappa shape index (κ3) is 1.70. The molecule has 0 spiro atoms. The maximum absolute atomic E-state index is 12.7. The highest BCUT2D eigenvalue weighted by Gasteiger charge is 2.05. The number of aromatic amines is 1. The van der Waals surface area contributed by atoms with Crippen LogP contribution < -0.4 is 5.73 Å². The lowest BCUT2D eigenvalue weighted by Gasteiger charge is -1.87. The van der Waals surface area contributed by atoms with Crippen molar-refractivity contribution in [1.29, 1.82) is 0 Å². The van der Waals surface area contributed by atoms with Gasteiger partial charge < -0.3 is 10.7 Å². The van der Waals surface area contributed by atoms with Crippen molar-refractivity contribution in [1.82, 2.24) is 4.98 Å². The Balaban J connectivity index is 0.000000980. The number of rotatable bonds is 1. The Morgan fingerprint density at radius 3 is 2.71 bits per heavy atom.